The molecule has 0 aliphatic heterocycles. The van der Waals surface area contributed by atoms with Crippen LogP contribution in [-0.2, 0) is 4.74 Å². The summed E-state index contributed by atoms with van der Waals surface area (Å²) in [6.07, 6.45) is 2.57. The van der Waals surface area contributed by atoms with Crippen LogP contribution in [0.25, 0.3) is 0 Å². The van der Waals surface area contributed by atoms with Crippen molar-refractivity contribution in [1.82, 2.24) is 5.32 Å². The van der Waals surface area contributed by atoms with Gasteiger partial charge in [0.25, 0.3) is 0 Å². The molecule has 0 heterocycles. The molecule has 1 aromatic rings. The minimum atomic E-state index is -0.145. The molecule has 3 heteroatoms. The van der Waals surface area contributed by atoms with Gasteiger partial charge < -0.3 is 10.1 Å². The first kappa shape index (κ1) is 12.5. The lowest BCUT2D eigenvalue weighted by Crippen LogP contribution is -2.32. The fourth-order valence-electron chi connectivity index (χ4n) is 2.35. The van der Waals surface area contributed by atoms with Crippen LogP contribution in [0.4, 0.5) is 4.39 Å². The van der Waals surface area contributed by atoms with Gasteiger partial charge in [-0.1, -0.05) is 12.1 Å². The molecule has 1 fully saturated rings. The number of likely N-dealkylation sites (N-methyl/N-ethyl adjacent to an activating group) is 1. The van der Waals surface area contributed by atoms with E-state index in [1.165, 1.54) is 12.8 Å². The van der Waals surface area contributed by atoms with E-state index in [0.717, 1.165) is 5.56 Å². The molecule has 17 heavy (non-hydrogen) atoms. The number of aryl methyl sites for hydroxylation is 1. The second-order valence-electron chi connectivity index (χ2n) is 4.81. The van der Waals surface area contributed by atoms with Crippen LogP contribution in [0.5, 0.6) is 0 Å². The lowest BCUT2D eigenvalue weighted by molar-refractivity contribution is 0.0529. The molecular weight excluding hydrogens is 217 g/mol. The maximum absolute atomic E-state index is 13.6. The Labute approximate surface area is 102 Å². The van der Waals surface area contributed by atoms with E-state index < -0.39 is 0 Å². The number of ether oxygens (including phenoxy) is 1. The lowest BCUT2D eigenvalue weighted by Gasteiger charge is -2.26. The summed E-state index contributed by atoms with van der Waals surface area (Å²) in [5, 5.41) is 3.25. The average Bonchev–Trinajstić information content (AvgIpc) is 3.14. The summed E-state index contributed by atoms with van der Waals surface area (Å²) in [5.41, 5.74) is 1.65. The SMILES string of the molecule is CNC(c1ccc(C)c(F)c1)C(OC)C1CC1. The summed E-state index contributed by atoms with van der Waals surface area (Å²) in [7, 11) is 3.63. The Morgan fingerprint density at radius 2 is 2.12 bits per heavy atom. The van der Waals surface area contributed by atoms with Gasteiger partial charge >= 0.3 is 0 Å². The van der Waals surface area contributed by atoms with E-state index in [0.29, 0.717) is 11.5 Å². The lowest BCUT2D eigenvalue weighted by atomic mass is 9.97. The van der Waals surface area contributed by atoms with Crippen LogP contribution >= 0.6 is 0 Å². The van der Waals surface area contributed by atoms with Crippen molar-refractivity contribution in [3.05, 3.63) is 35.1 Å². The molecule has 94 valence electrons. The summed E-state index contributed by atoms with van der Waals surface area (Å²) >= 11 is 0. The van der Waals surface area contributed by atoms with Crippen LogP contribution in [0.1, 0.15) is 30.0 Å². The Morgan fingerprint density at radius 1 is 1.41 bits per heavy atom. The summed E-state index contributed by atoms with van der Waals surface area (Å²) in [4.78, 5) is 0. The fourth-order valence-corrected chi connectivity index (χ4v) is 2.35. The number of rotatable bonds is 5. The third-order valence-electron chi connectivity index (χ3n) is 3.55. The summed E-state index contributed by atoms with van der Waals surface area (Å²) in [6, 6.07) is 5.50. The number of benzene rings is 1. The molecule has 1 N–H and O–H groups in total. The smallest absolute Gasteiger partial charge is 0.126 e. The molecule has 1 aromatic carbocycles. The van der Waals surface area contributed by atoms with Crippen LogP contribution in [-0.4, -0.2) is 20.3 Å². The molecule has 0 bridgehead atoms. The highest BCUT2D eigenvalue weighted by Gasteiger charge is 2.37. The van der Waals surface area contributed by atoms with Crippen molar-refractivity contribution in [2.45, 2.75) is 31.9 Å². The highest BCUT2D eigenvalue weighted by Crippen LogP contribution is 2.39. The molecule has 0 amide bonds. The van der Waals surface area contributed by atoms with E-state index in [2.05, 4.69) is 5.32 Å². The largest absolute Gasteiger partial charge is 0.379 e. The van der Waals surface area contributed by atoms with Crippen molar-refractivity contribution in [1.29, 1.82) is 0 Å². The van der Waals surface area contributed by atoms with Gasteiger partial charge in [-0.15, -0.1) is 0 Å². The molecule has 2 atom stereocenters. The van der Waals surface area contributed by atoms with Crippen molar-refractivity contribution < 1.29 is 9.13 Å². The number of nitrogens with one attached hydrogen (secondary N) is 1. The van der Waals surface area contributed by atoms with E-state index in [9.17, 15) is 4.39 Å². The molecule has 2 nitrogen and oxygen atoms in total. The van der Waals surface area contributed by atoms with Gasteiger partial charge in [0, 0.05) is 7.11 Å². The van der Waals surface area contributed by atoms with E-state index >= 15 is 0 Å². The molecule has 1 saturated carbocycles. The molecule has 0 spiro atoms. The highest BCUT2D eigenvalue weighted by molar-refractivity contribution is 5.27. The number of halogens is 1. The van der Waals surface area contributed by atoms with Crippen molar-refractivity contribution in [3.8, 4) is 0 Å². The van der Waals surface area contributed by atoms with Gasteiger partial charge in [0.15, 0.2) is 0 Å². The van der Waals surface area contributed by atoms with Crippen molar-refractivity contribution >= 4 is 0 Å². The average molecular weight is 237 g/mol. The van der Waals surface area contributed by atoms with Crippen molar-refractivity contribution in [2.24, 2.45) is 5.92 Å². The standard InChI is InChI=1S/C14H20FNO/c1-9-4-5-11(8-12(9)15)13(16-2)14(17-3)10-6-7-10/h4-5,8,10,13-14,16H,6-7H2,1-3H3. The first-order valence-electron chi connectivity index (χ1n) is 6.13. The third kappa shape index (κ3) is 2.67. The number of hydrogen-bond acceptors (Lipinski definition) is 2. The number of methoxy groups -OCH3 is 1. The molecule has 1 aliphatic rings. The predicted molar refractivity (Wildman–Crippen MR) is 66.5 cm³/mol. The van der Waals surface area contributed by atoms with Crippen molar-refractivity contribution in [2.75, 3.05) is 14.2 Å². The monoisotopic (exact) mass is 237 g/mol. The minimum Gasteiger partial charge on any atom is -0.379 e. The Hall–Kier alpha value is -0.930. The van der Waals surface area contributed by atoms with E-state index in [1.54, 1.807) is 20.1 Å². The maximum Gasteiger partial charge on any atom is 0.126 e. The molecule has 0 aromatic heterocycles. The second kappa shape index (κ2) is 5.15. The van der Waals surface area contributed by atoms with Gasteiger partial charge in [-0.25, -0.2) is 4.39 Å². The third-order valence-corrected chi connectivity index (χ3v) is 3.55. The van der Waals surface area contributed by atoms with E-state index in [4.69, 9.17) is 4.74 Å². The van der Waals surface area contributed by atoms with Gasteiger partial charge in [0.2, 0.25) is 0 Å². The molecular formula is C14H20FNO. The predicted octanol–water partition coefficient (Wildman–Crippen LogP) is 2.82. The summed E-state index contributed by atoms with van der Waals surface area (Å²) in [5.74, 6) is 0.468. The summed E-state index contributed by atoms with van der Waals surface area (Å²) in [6.45, 7) is 1.78. The van der Waals surface area contributed by atoms with Gasteiger partial charge in [-0.05, 0) is 49.9 Å². The van der Waals surface area contributed by atoms with Gasteiger partial charge in [0.1, 0.15) is 5.82 Å². The topological polar surface area (TPSA) is 21.3 Å². The van der Waals surface area contributed by atoms with E-state index in [-0.39, 0.29) is 18.0 Å². The molecule has 1 aliphatic carbocycles. The first-order valence-corrected chi connectivity index (χ1v) is 6.13. The minimum absolute atomic E-state index is 0.0719. The van der Waals surface area contributed by atoms with Gasteiger partial charge in [-0.3, -0.25) is 0 Å². The zero-order chi connectivity index (χ0) is 12.4. The van der Waals surface area contributed by atoms with Crippen LogP contribution in [0.15, 0.2) is 18.2 Å². The van der Waals surface area contributed by atoms with Crippen LogP contribution in [0.3, 0.4) is 0 Å². The molecule has 0 radical (unpaired) electrons. The van der Waals surface area contributed by atoms with Crippen LogP contribution in [0, 0.1) is 18.7 Å². The number of hydrogen-bond donors (Lipinski definition) is 1. The maximum atomic E-state index is 13.6. The van der Waals surface area contributed by atoms with Crippen LogP contribution < -0.4 is 5.32 Å². The van der Waals surface area contributed by atoms with Gasteiger partial charge in [0.05, 0.1) is 12.1 Å². The second-order valence-corrected chi connectivity index (χ2v) is 4.81. The molecule has 2 rings (SSSR count). The fraction of sp³-hybridized carbons (Fsp3) is 0.571. The quantitative estimate of drug-likeness (QED) is 0.850. The van der Waals surface area contributed by atoms with Crippen LogP contribution in [0.2, 0.25) is 0 Å². The van der Waals surface area contributed by atoms with Crippen molar-refractivity contribution in [3.63, 3.8) is 0 Å². The van der Waals surface area contributed by atoms with Gasteiger partial charge in [-0.2, -0.15) is 0 Å². The molecule has 0 saturated heterocycles. The Kier molecular flexibility index (Phi) is 3.79. The Morgan fingerprint density at radius 3 is 2.59 bits per heavy atom. The normalized spacial score (nSPS) is 19.1. The summed E-state index contributed by atoms with van der Waals surface area (Å²) < 4.78 is 19.2. The highest BCUT2D eigenvalue weighted by atomic mass is 19.1. The van der Waals surface area contributed by atoms with E-state index in [1.807, 2.05) is 19.2 Å². The Bertz CT molecular complexity index is 390. The first-order chi connectivity index (χ1) is 8.17. The zero-order valence-electron chi connectivity index (χ0n) is 10.7. The zero-order valence-corrected chi connectivity index (χ0v) is 10.7. The molecule has 2 unspecified atom stereocenters. The Balaban J connectivity index is 2.23.